The highest BCUT2D eigenvalue weighted by Crippen LogP contribution is 2.27. The number of benzene rings is 3. The van der Waals surface area contributed by atoms with Crippen LogP contribution in [0.2, 0.25) is 0 Å². The molecule has 0 aliphatic rings. The van der Waals surface area contributed by atoms with Crippen LogP contribution in [-0.2, 0) is 6.42 Å². The molecular formula is C33H40F2O3. The van der Waals surface area contributed by atoms with E-state index < -0.39 is 11.8 Å². The molecule has 3 rings (SSSR count). The summed E-state index contributed by atoms with van der Waals surface area (Å²) in [7, 11) is 0. The zero-order chi connectivity index (χ0) is 27.2. The Hall–Kier alpha value is -3.21. The average molecular weight is 523 g/mol. The van der Waals surface area contributed by atoms with Gasteiger partial charge in [-0.2, -0.15) is 0 Å². The molecule has 0 saturated carbocycles. The van der Waals surface area contributed by atoms with Crippen molar-refractivity contribution in [1.29, 1.82) is 0 Å². The first kappa shape index (κ1) is 29.3. The summed E-state index contributed by atoms with van der Waals surface area (Å²) in [5, 5.41) is 0. The molecule has 0 amide bonds. The first-order valence-corrected chi connectivity index (χ1v) is 14.0. The van der Waals surface area contributed by atoms with Crippen LogP contribution >= 0.6 is 0 Å². The Morgan fingerprint density at radius 3 is 2.03 bits per heavy atom. The van der Waals surface area contributed by atoms with Crippen LogP contribution in [0.5, 0.6) is 11.5 Å². The molecule has 0 spiro atoms. The van der Waals surface area contributed by atoms with E-state index in [1.165, 1.54) is 37.8 Å². The highest BCUT2D eigenvalue weighted by atomic mass is 19.1. The van der Waals surface area contributed by atoms with E-state index in [0.717, 1.165) is 44.1 Å². The molecule has 3 aromatic rings. The van der Waals surface area contributed by atoms with Gasteiger partial charge in [0.15, 0.2) is 11.6 Å². The summed E-state index contributed by atoms with van der Waals surface area (Å²) >= 11 is 0. The largest absolute Gasteiger partial charge is 0.491 e. The molecule has 0 radical (unpaired) electrons. The van der Waals surface area contributed by atoms with Crippen molar-refractivity contribution in [2.75, 3.05) is 6.61 Å². The summed E-state index contributed by atoms with van der Waals surface area (Å²) in [4.78, 5) is 12.6. The lowest BCUT2D eigenvalue weighted by Crippen LogP contribution is -2.08. The Bertz CT molecular complexity index is 1140. The van der Waals surface area contributed by atoms with Crippen LogP contribution in [0.4, 0.5) is 8.78 Å². The molecule has 0 fully saturated rings. The van der Waals surface area contributed by atoms with Crippen molar-refractivity contribution in [2.24, 2.45) is 0 Å². The molecule has 5 heteroatoms. The first-order valence-electron chi connectivity index (χ1n) is 14.0. The molecular weight excluding hydrogens is 482 g/mol. The van der Waals surface area contributed by atoms with Gasteiger partial charge in [-0.15, -0.1) is 0 Å². The van der Waals surface area contributed by atoms with Crippen LogP contribution in [0, 0.1) is 11.6 Å². The number of carbonyl (C=O) groups excluding carboxylic acids is 1. The fraction of sp³-hybridized carbons (Fsp3) is 0.424. The summed E-state index contributed by atoms with van der Waals surface area (Å²) in [5.41, 5.74) is 2.42. The Balaban J connectivity index is 1.52. The van der Waals surface area contributed by atoms with Crippen LogP contribution in [0.25, 0.3) is 11.1 Å². The fourth-order valence-corrected chi connectivity index (χ4v) is 4.36. The zero-order valence-electron chi connectivity index (χ0n) is 22.7. The van der Waals surface area contributed by atoms with Gasteiger partial charge in [-0.1, -0.05) is 89.5 Å². The lowest BCUT2D eigenvalue weighted by molar-refractivity contribution is 0.0734. The van der Waals surface area contributed by atoms with Crippen molar-refractivity contribution >= 4 is 5.97 Å². The number of esters is 1. The summed E-state index contributed by atoms with van der Waals surface area (Å²) < 4.78 is 40.0. The monoisotopic (exact) mass is 522 g/mol. The summed E-state index contributed by atoms with van der Waals surface area (Å²) in [5.74, 6) is -0.915. The normalized spacial score (nSPS) is 10.9. The van der Waals surface area contributed by atoms with Crippen LogP contribution in [0.15, 0.2) is 60.7 Å². The number of halogens is 2. The van der Waals surface area contributed by atoms with Gasteiger partial charge in [-0.3, -0.25) is 0 Å². The Labute approximate surface area is 226 Å². The average Bonchev–Trinajstić information content (AvgIpc) is 2.92. The lowest BCUT2D eigenvalue weighted by atomic mass is 10.0. The predicted molar refractivity (Wildman–Crippen MR) is 150 cm³/mol. The van der Waals surface area contributed by atoms with Crippen LogP contribution < -0.4 is 9.47 Å². The Morgan fingerprint density at radius 2 is 1.34 bits per heavy atom. The van der Waals surface area contributed by atoms with Crippen molar-refractivity contribution in [3.05, 3.63) is 83.4 Å². The van der Waals surface area contributed by atoms with E-state index in [4.69, 9.17) is 9.47 Å². The van der Waals surface area contributed by atoms with Crippen LogP contribution in [0.3, 0.4) is 0 Å². The van der Waals surface area contributed by atoms with Gasteiger partial charge in [-0.25, -0.2) is 13.6 Å². The SMILES string of the molecule is CCCCCCCCOc1ccc(-c2ccc(C(=O)Oc3ccc(CCCCCC)c(F)c3)cc2)cc1F. The molecule has 0 aliphatic heterocycles. The number of ether oxygens (including phenoxy) is 2. The number of rotatable bonds is 16. The molecule has 0 aromatic heterocycles. The maximum Gasteiger partial charge on any atom is 0.343 e. The molecule has 0 aliphatic carbocycles. The third-order valence-corrected chi connectivity index (χ3v) is 6.68. The van der Waals surface area contributed by atoms with E-state index in [9.17, 15) is 13.6 Å². The summed E-state index contributed by atoms with van der Waals surface area (Å²) in [6.07, 6.45) is 11.9. The smallest absolute Gasteiger partial charge is 0.343 e. The van der Waals surface area contributed by atoms with E-state index in [0.29, 0.717) is 29.7 Å². The van der Waals surface area contributed by atoms with E-state index >= 15 is 0 Å². The maximum absolute atomic E-state index is 14.6. The number of hydrogen-bond donors (Lipinski definition) is 0. The van der Waals surface area contributed by atoms with Gasteiger partial charge in [0.05, 0.1) is 12.2 Å². The van der Waals surface area contributed by atoms with Gasteiger partial charge in [-0.05, 0) is 66.3 Å². The van der Waals surface area contributed by atoms with Gasteiger partial charge < -0.3 is 9.47 Å². The minimum absolute atomic E-state index is 0.174. The molecule has 0 saturated heterocycles. The molecule has 0 heterocycles. The number of aryl methyl sites for hydroxylation is 1. The first-order chi connectivity index (χ1) is 18.5. The molecule has 0 atom stereocenters. The highest BCUT2D eigenvalue weighted by Gasteiger charge is 2.12. The van der Waals surface area contributed by atoms with Gasteiger partial charge in [0.25, 0.3) is 0 Å². The standard InChI is InChI=1S/C33H40F2O3/c1-3-5-7-9-10-12-22-37-32-21-19-28(23-31(32)35)25-14-16-27(17-15-25)33(36)38-29-20-18-26(30(34)24-29)13-11-8-6-4-2/h14-21,23-24H,3-13,22H2,1-2H3. The molecule has 204 valence electrons. The molecule has 3 aromatic carbocycles. The van der Waals surface area contributed by atoms with Crippen molar-refractivity contribution < 1.29 is 23.0 Å². The van der Waals surface area contributed by atoms with Gasteiger partial charge >= 0.3 is 5.97 Å². The molecule has 38 heavy (non-hydrogen) atoms. The summed E-state index contributed by atoms with van der Waals surface area (Å²) in [6.45, 7) is 4.84. The highest BCUT2D eigenvalue weighted by molar-refractivity contribution is 5.91. The molecule has 0 N–H and O–H groups in total. The lowest BCUT2D eigenvalue weighted by Gasteiger charge is -2.10. The van der Waals surface area contributed by atoms with Gasteiger partial charge in [0.1, 0.15) is 11.6 Å². The maximum atomic E-state index is 14.6. The van der Waals surface area contributed by atoms with Crippen LogP contribution in [0.1, 0.15) is 94.0 Å². The second-order valence-corrected chi connectivity index (χ2v) is 9.79. The minimum atomic E-state index is -0.573. The Morgan fingerprint density at radius 1 is 0.684 bits per heavy atom. The second kappa shape index (κ2) is 15.9. The minimum Gasteiger partial charge on any atom is -0.491 e. The van der Waals surface area contributed by atoms with E-state index in [-0.39, 0.29) is 17.3 Å². The number of unbranched alkanes of at least 4 members (excludes halogenated alkanes) is 8. The van der Waals surface area contributed by atoms with Gasteiger partial charge in [0, 0.05) is 6.07 Å². The number of carbonyl (C=O) groups is 1. The van der Waals surface area contributed by atoms with Crippen molar-refractivity contribution in [3.63, 3.8) is 0 Å². The molecule has 0 unspecified atom stereocenters. The summed E-state index contributed by atoms with van der Waals surface area (Å²) in [6, 6.07) is 16.2. The predicted octanol–water partition coefficient (Wildman–Crippen LogP) is 9.71. The third kappa shape index (κ3) is 9.27. The van der Waals surface area contributed by atoms with E-state index in [1.807, 2.05) is 0 Å². The third-order valence-electron chi connectivity index (χ3n) is 6.68. The second-order valence-electron chi connectivity index (χ2n) is 9.79. The fourth-order valence-electron chi connectivity index (χ4n) is 4.36. The van der Waals surface area contributed by atoms with Gasteiger partial charge in [0.2, 0.25) is 0 Å². The quantitative estimate of drug-likeness (QED) is 0.107. The number of hydrogen-bond acceptors (Lipinski definition) is 3. The molecule has 3 nitrogen and oxygen atoms in total. The van der Waals surface area contributed by atoms with Crippen molar-refractivity contribution in [3.8, 4) is 22.6 Å². The topological polar surface area (TPSA) is 35.5 Å². The van der Waals surface area contributed by atoms with Crippen molar-refractivity contribution in [2.45, 2.75) is 84.5 Å². The van der Waals surface area contributed by atoms with Crippen molar-refractivity contribution in [1.82, 2.24) is 0 Å². The Kier molecular flexibility index (Phi) is 12.3. The van der Waals surface area contributed by atoms with Crippen LogP contribution in [-0.4, -0.2) is 12.6 Å². The zero-order valence-corrected chi connectivity index (χ0v) is 22.7. The molecule has 0 bridgehead atoms. The van der Waals surface area contributed by atoms with E-state index in [1.54, 1.807) is 48.5 Å². The van der Waals surface area contributed by atoms with E-state index in [2.05, 4.69) is 13.8 Å².